The first-order valence-electron chi connectivity index (χ1n) is 4.60. The van der Waals surface area contributed by atoms with E-state index in [0.29, 0.717) is 13.1 Å². The summed E-state index contributed by atoms with van der Waals surface area (Å²) in [6.45, 7) is 2.97. The van der Waals surface area contributed by atoms with Crippen molar-refractivity contribution in [3.05, 3.63) is 33.8 Å². The molecule has 2 nitrogen and oxygen atoms in total. The molecule has 1 aromatic carbocycles. The van der Waals surface area contributed by atoms with E-state index in [2.05, 4.69) is 28.9 Å². The van der Waals surface area contributed by atoms with E-state index in [1.165, 1.54) is 5.56 Å². The molecule has 0 saturated heterocycles. The van der Waals surface area contributed by atoms with Crippen LogP contribution in [-0.2, 0) is 22.6 Å². The van der Waals surface area contributed by atoms with Crippen molar-refractivity contribution in [1.82, 2.24) is 0 Å². The fraction of sp³-hybridized carbons (Fsp3) is 0.364. The first-order chi connectivity index (χ1) is 6.77. The van der Waals surface area contributed by atoms with Crippen LogP contribution < -0.4 is 0 Å². The molecule has 3 heteroatoms. The van der Waals surface area contributed by atoms with Gasteiger partial charge in [-0.3, -0.25) is 4.79 Å². The van der Waals surface area contributed by atoms with Gasteiger partial charge in [0.1, 0.15) is 6.61 Å². The van der Waals surface area contributed by atoms with E-state index in [9.17, 15) is 4.79 Å². The minimum Gasteiger partial charge on any atom is -0.463 e. The molecule has 0 fully saturated rings. The van der Waals surface area contributed by atoms with Crippen LogP contribution in [0.2, 0.25) is 0 Å². The summed E-state index contributed by atoms with van der Waals surface area (Å²) in [6, 6.07) is 6.01. The van der Waals surface area contributed by atoms with Gasteiger partial charge in [0, 0.05) is 4.47 Å². The van der Waals surface area contributed by atoms with Gasteiger partial charge in [0.2, 0.25) is 0 Å². The summed E-state index contributed by atoms with van der Waals surface area (Å²) in [4.78, 5) is 10.0. The Balaban J connectivity index is 2.77. The predicted molar refractivity (Wildman–Crippen MR) is 59.0 cm³/mol. The van der Waals surface area contributed by atoms with Gasteiger partial charge >= 0.3 is 0 Å². The molecule has 0 radical (unpaired) electrons. The van der Waals surface area contributed by atoms with Crippen LogP contribution in [0.5, 0.6) is 0 Å². The predicted octanol–water partition coefficient (Wildman–Crippen LogP) is 3.07. The maximum absolute atomic E-state index is 10.0. The molecule has 0 heterocycles. The van der Waals surface area contributed by atoms with Gasteiger partial charge in [-0.2, -0.15) is 0 Å². The minimum atomic E-state index is 0.355. The van der Waals surface area contributed by atoms with Crippen molar-refractivity contribution in [2.24, 2.45) is 0 Å². The van der Waals surface area contributed by atoms with E-state index in [-0.39, 0.29) is 0 Å². The van der Waals surface area contributed by atoms with Crippen LogP contribution >= 0.6 is 15.9 Å². The third-order valence-corrected chi connectivity index (χ3v) is 2.72. The number of rotatable bonds is 5. The molecule has 14 heavy (non-hydrogen) atoms. The number of carbonyl (C=O) groups is 1. The Labute approximate surface area is 92.4 Å². The summed E-state index contributed by atoms with van der Waals surface area (Å²) in [7, 11) is 0. The number of aryl methyl sites for hydroxylation is 1. The molecular formula is C11H13BrO2. The van der Waals surface area contributed by atoms with Gasteiger partial charge in [0.15, 0.2) is 0 Å². The summed E-state index contributed by atoms with van der Waals surface area (Å²) >= 11 is 3.49. The van der Waals surface area contributed by atoms with Crippen molar-refractivity contribution in [3.63, 3.8) is 0 Å². The fourth-order valence-electron chi connectivity index (χ4n) is 1.31. The van der Waals surface area contributed by atoms with E-state index in [1.54, 1.807) is 0 Å². The van der Waals surface area contributed by atoms with Crippen molar-refractivity contribution in [3.8, 4) is 0 Å². The summed E-state index contributed by atoms with van der Waals surface area (Å²) < 4.78 is 5.82. The molecule has 0 aliphatic heterocycles. The highest BCUT2D eigenvalue weighted by Crippen LogP contribution is 2.20. The highest BCUT2D eigenvalue weighted by atomic mass is 79.9. The normalized spacial score (nSPS) is 9.86. The second-order valence-electron chi connectivity index (χ2n) is 3.08. The zero-order chi connectivity index (χ0) is 10.4. The molecule has 0 atom stereocenters. The molecule has 0 unspecified atom stereocenters. The molecule has 1 aromatic rings. The largest absolute Gasteiger partial charge is 0.463 e. The minimum absolute atomic E-state index is 0.355. The number of hydrogen-bond donors (Lipinski definition) is 0. The molecule has 0 aromatic heterocycles. The lowest BCUT2D eigenvalue weighted by Gasteiger charge is -2.05. The van der Waals surface area contributed by atoms with Crippen LogP contribution in [0.15, 0.2) is 22.7 Å². The van der Waals surface area contributed by atoms with Crippen LogP contribution in [0.1, 0.15) is 24.5 Å². The average molecular weight is 257 g/mol. The van der Waals surface area contributed by atoms with Crippen molar-refractivity contribution in [1.29, 1.82) is 0 Å². The van der Waals surface area contributed by atoms with Crippen LogP contribution in [-0.4, -0.2) is 6.47 Å². The Morgan fingerprint density at radius 1 is 1.50 bits per heavy atom. The molecule has 0 aliphatic rings. The fourth-order valence-corrected chi connectivity index (χ4v) is 1.75. The first kappa shape index (κ1) is 11.2. The van der Waals surface area contributed by atoms with E-state index in [0.717, 1.165) is 22.9 Å². The molecule has 0 N–H and O–H groups in total. The number of halogens is 1. The van der Waals surface area contributed by atoms with Crippen LogP contribution in [0.25, 0.3) is 0 Å². The standard InChI is InChI=1S/C11H13BrO2/c1-2-3-10-6-9(7-14-8-13)4-5-11(10)12/h4-6,8H,2-3,7H2,1H3. The number of carbonyl (C=O) groups excluding carboxylic acids is 1. The highest BCUT2D eigenvalue weighted by Gasteiger charge is 2.00. The van der Waals surface area contributed by atoms with Gasteiger partial charge in [-0.1, -0.05) is 41.4 Å². The lowest BCUT2D eigenvalue weighted by Crippen LogP contribution is -1.93. The molecule has 0 amide bonds. The first-order valence-corrected chi connectivity index (χ1v) is 5.39. The smallest absolute Gasteiger partial charge is 0.293 e. The van der Waals surface area contributed by atoms with Crippen molar-refractivity contribution < 1.29 is 9.53 Å². The maximum Gasteiger partial charge on any atom is 0.293 e. The van der Waals surface area contributed by atoms with Gasteiger partial charge in [-0.25, -0.2) is 0 Å². The second-order valence-corrected chi connectivity index (χ2v) is 3.94. The van der Waals surface area contributed by atoms with Crippen molar-refractivity contribution in [2.75, 3.05) is 0 Å². The lowest BCUT2D eigenvalue weighted by atomic mass is 10.1. The monoisotopic (exact) mass is 256 g/mol. The number of ether oxygens (including phenoxy) is 1. The molecular weight excluding hydrogens is 244 g/mol. The number of benzene rings is 1. The Morgan fingerprint density at radius 2 is 2.29 bits per heavy atom. The van der Waals surface area contributed by atoms with Gasteiger partial charge < -0.3 is 4.74 Å². The Kier molecular flexibility index (Phi) is 4.66. The molecule has 0 saturated carbocycles. The Bertz CT molecular complexity index is 310. The Morgan fingerprint density at radius 3 is 2.93 bits per heavy atom. The van der Waals surface area contributed by atoms with Crippen LogP contribution in [0, 0.1) is 0 Å². The second kappa shape index (κ2) is 5.81. The van der Waals surface area contributed by atoms with Crippen molar-refractivity contribution >= 4 is 22.4 Å². The van der Waals surface area contributed by atoms with E-state index in [4.69, 9.17) is 4.74 Å². The van der Waals surface area contributed by atoms with E-state index >= 15 is 0 Å². The average Bonchev–Trinajstić information content (AvgIpc) is 2.19. The zero-order valence-electron chi connectivity index (χ0n) is 8.13. The van der Waals surface area contributed by atoms with Crippen LogP contribution in [0.4, 0.5) is 0 Å². The molecule has 76 valence electrons. The van der Waals surface area contributed by atoms with Gasteiger partial charge in [0.25, 0.3) is 6.47 Å². The van der Waals surface area contributed by atoms with E-state index in [1.807, 2.05) is 12.1 Å². The molecule has 1 rings (SSSR count). The molecule has 0 spiro atoms. The van der Waals surface area contributed by atoms with E-state index < -0.39 is 0 Å². The lowest BCUT2D eigenvalue weighted by molar-refractivity contribution is -0.129. The van der Waals surface area contributed by atoms with Gasteiger partial charge in [-0.15, -0.1) is 0 Å². The third-order valence-electron chi connectivity index (χ3n) is 1.95. The van der Waals surface area contributed by atoms with Crippen molar-refractivity contribution in [2.45, 2.75) is 26.4 Å². The van der Waals surface area contributed by atoms with Gasteiger partial charge in [-0.05, 0) is 23.6 Å². The zero-order valence-corrected chi connectivity index (χ0v) is 9.71. The summed E-state index contributed by atoms with van der Waals surface area (Å²) in [5.41, 5.74) is 2.29. The topological polar surface area (TPSA) is 26.3 Å². The number of hydrogen-bond acceptors (Lipinski definition) is 2. The maximum atomic E-state index is 10.0. The summed E-state index contributed by atoms with van der Waals surface area (Å²) in [5.74, 6) is 0. The third kappa shape index (κ3) is 3.14. The SMILES string of the molecule is CCCc1cc(COC=O)ccc1Br. The van der Waals surface area contributed by atoms with Crippen LogP contribution in [0.3, 0.4) is 0 Å². The summed E-state index contributed by atoms with van der Waals surface area (Å²) in [5, 5.41) is 0. The highest BCUT2D eigenvalue weighted by molar-refractivity contribution is 9.10. The molecule has 0 aliphatic carbocycles. The molecule has 0 bridgehead atoms. The summed E-state index contributed by atoms with van der Waals surface area (Å²) in [6.07, 6.45) is 2.14. The quantitative estimate of drug-likeness (QED) is 0.758. The van der Waals surface area contributed by atoms with Gasteiger partial charge in [0.05, 0.1) is 0 Å². The Hall–Kier alpha value is -0.830.